The first-order chi connectivity index (χ1) is 29.4. The molecule has 0 aromatic heterocycles. The minimum atomic E-state index is -0.634. The molecule has 2 atom stereocenters. The van der Waals surface area contributed by atoms with Crippen molar-refractivity contribution < 1.29 is 29.3 Å². The number of esters is 2. The van der Waals surface area contributed by atoms with Crippen LogP contribution in [0.3, 0.4) is 0 Å². The molecule has 1 aliphatic carbocycles. The Kier molecular flexibility index (Phi) is 9.53. The molecule has 1 saturated carbocycles. The fourth-order valence-electron chi connectivity index (χ4n) is 8.95. The second-order valence-electron chi connectivity index (χ2n) is 15.6. The minimum Gasteiger partial charge on any atom is -0.507 e. The van der Waals surface area contributed by atoms with Crippen LogP contribution in [0.2, 0.25) is 0 Å². The molecule has 2 N–H and O–H groups in total. The fraction of sp³-hybridized carbons (Fsp3) is 0.154. The van der Waals surface area contributed by atoms with Gasteiger partial charge in [0.2, 0.25) is 0 Å². The standard InChI is InChI=1S/C52H40N2O6/c55-45-25-26-46(56)60-44-24-22-32-12-2-6-16-38(32)48(44)50-40-18-8-4-14-34(40)28-36(52(50)58)30-54-42-20-10-9-19-41(42)53-29-35-27-33-13-3-7-17-39(33)49(51(35)57)47-37-15-5-1-11-31(37)21-23-43(47)59-45/h1-8,11-18,21-24,27-30,41-42,57-58H,9-10,19-20,25-26H2/t41-,42-/m1/s1. The maximum absolute atomic E-state index is 13.8. The molecule has 0 saturated heterocycles. The first kappa shape index (κ1) is 37.0. The zero-order chi connectivity index (χ0) is 40.7. The summed E-state index contributed by atoms with van der Waals surface area (Å²) in [6.07, 6.45) is 6.54. The van der Waals surface area contributed by atoms with E-state index in [2.05, 4.69) is 0 Å². The number of ether oxygens (including phenoxy) is 2. The molecule has 294 valence electrons. The molecule has 8 heteroatoms. The molecule has 1 fully saturated rings. The first-order valence-electron chi connectivity index (χ1n) is 20.4. The normalized spacial score (nSPS) is 17.3. The summed E-state index contributed by atoms with van der Waals surface area (Å²) in [7, 11) is 0. The van der Waals surface area contributed by atoms with Gasteiger partial charge in [0, 0.05) is 45.8 Å². The van der Waals surface area contributed by atoms with Gasteiger partial charge in [-0.3, -0.25) is 19.6 Å². The van der Waals surface area contributed by atoms with Crippen LogP contribution in [0.25, 0.3) is 65.3 Å². The van der Waals surface area contributed by atoms with E-state index in [4.69, 9.17) is 19.5 Å². The topological polar surface area (TPSA) is 118 Å². The van der Waals surface area contributed by atoms with E-state index < -0.39 is 11.9 Å². The highest BCUT2D eigenvalue weighted by molar-refractivity contribution is 6.14. The third-order valence-electron chi connectivity index (χ3n) is 11.9. The zero-order valence-corrected chi connectivity index (χ0v) is 32.7. The summed E-state index contributed by atoms with van der Waals surface area (Å²) in [5, 5.41) is 31.2. The maximum atomic E-state index is 13.8. The Bertz CT molecular complexity index is 2890. The molecule has 8 aromatic rings. The molecule has 60 heavy (non-hydrogen) atoms. The summed E-state index contributed by atoms with van der Waals surface area (Å²) >= 11 is 0. The maximum Gasteiger partial charge on any atom is 0.311 e. The largest absolute Gasteiger partial charge is 0.507 e. The molecule has 2 aliphatic rings. The van der Waals surface area contributed by atoms with E-state index in [1.165, 1.54) is 0 Å². The summed E-state index contributed by atoms with van der Waals surface area (Å²) < 4.78 is 12.2. The highest BCUT2D eigenvalue weighted by atomic mass is 16.5. The predicted molar refractivity (Wildman–Crippen MR) is 239 cm³/mol. The number of nitrogens with zero attached hydrogens (tertiary/aromatic N) is 2. The van der Waals surface area contributed by atoms with Crippen molar-refractivity contribution in [1.82, 2.24) is 0 Å². The number of aliphatic imine (C=N–C) groups is 2. The minimum absolute atomic E-state index is 0.00693. The molecule has 0 radical (unpaired) electrons. The first-order valence-corrected chi connectivity index (χ1v) is 20.4. The van der Waals surface area contributed by atoms with Gasteiger partial charge in [-0.15, -0.1) is 0 Å². The zero-order valence-electron chi connectivity index (χ0n) is 32.7. The van der Waals surface area contributed by atoms with Crippen molar-refractivity contribution in [2.45, 2.75) is 50.6 Å². The van der Waals surface area contributed by atoms with Crippen molar-refractivity contribution in [3.63, 3.8) is 0 Å². The van der Waals surface area contributed by atoms with Crippen LogP contribution >= 0.6 is 0 Å². The second-order valence-corrected chi connectivity index (χ2v) is 15.6. The van der Waals surface area contributed by atoms with Crippen LogP contribution in [0.15, 0.2) is 143 Å². The Hall–Kier alpha value is -7.32. The smallest absolute Gasteiger partial charge is 0.311 e. The fourth-order valence-corrected chi connectivity index (χ4v) is 8.95. The summed E-state index contributed by atoms with van der Waals surface area (Å²) in [6.45, 7) is 0. The van der Waals surface area contributed by atoms with Crippen molar-refractivity contribution in [2.24, 2.45) is 9.98 Å². The highest BCUT2D eigenvalue weighted by Gasteiger charge is 2.27. The molecule has 8 nitrogen and oxygen atoms in total. The van der Waals surface area contributed by atoms with Gasteiger partial charge in [-0.25, -0.2) is 0 Å². The van der Waals surface area contributed by atoms with Gasteiger partial charge < -0.3 is 19.7 Å². The van der Waals surface area contributed by atoms with Gasteiger partial charge in [-0.1, -0.05) is 122 Å². The number of phenols is 2. The Morgan fingerprint density at radius 2 is 0.817 bits per heavy atom. The molecule has 0 unspecified atom stereocenters. The Morgan fingerprint density at radius 1 is 0.450 bits per heavy atom. The SMILES string of the molecule is O=C1CCC(=O)Oc2ccc3ccccc3c2-c2c(O)c(cc3ccccc23)C=N[C@@H]2CCCC[C@H]2N=Cc2cc3ccccc3c(c2O)-c2c(ccc3ccccc23)O1. The number of aromatic hydroxyl groups is 2. The number of hydrogen-bond donors (Lipinski definition) is 2. The third-order valence-corrected chi connectivity index (χ3v) is 11.9. The number of hydrogen-bond acceptors (Lipinski definition) is 8. The lowest BCUT2D eigenvalue weighted by Gasteiger charge is -2.26. The van der Waals surface area contributed by atoms with Crippen LogP contribution in [0.1, 0.15) is 49.7 Å². The number of carbonyl (C=O) groups excluding carboxylic acids is 2. The van der Waals surface area contributed by atoms with Crippen molar-refractivity contribution in [1.29, 1.82) is 0 Å². The lowest BCUT2D eigenvalue weighted by atomic mass is 9.89. The van der Waals surface area contributed by atoms with Gasteiger partial charge in [-0.05, 0) is 80.2 Å². The number of benzene rings is 8. The predicted octanol–water partition coefficient (Wildman–Crippen LogP) is 11.5. The number of fused-ring (bicyclic) bond motifs is 17. The number of phenolic OH excluding ortho intramolecular Hbond substituents is 2. The number of carbonyl (C=O) groups is 2. The van der Waals surface area contributed by atoms with Gasteiger partial charge in [0.05, 0.1) is 24.9 Å². The van der Waals surface area contributed by atoms with Gasteiger partial charge >= 0.3 is 11.9 Å². The summed E-state index contributed by atoms with van der Waals surface area (Å²) in [5.41, 5.74) is 3.19. The van der Waals surface area contributed by atoms with Crippen molar-refractivity contribution in [3.05, 3.63) is 145 Å². The average molecular weight is 789 g/mol. The number of rotatable bonds is 0. The van der Waals surface area contributed by atoms with Crippen LogP contribution in [-0.2, 0) is 9.59 Å². The molecular formula is C52H40N2O6. The molecule has 1 aliphatic heterocycles. The van der Waals surface area contributed by atoms with Crippen LogP contribution in [0, 0.1) is 0 Å². The second kappa shape index (κ2) is 15.5. The van der Waals surface area contributed by atoms with E-state index in [1.807, 2.05) is 121 Å². The van der Waals surface area contributed by atoms with Gasteiger partial charge in [-0.2, -0.15) is 0 Å². The van der Waals surface area contributed by atoms with Gasteiger partial charge in [0.15, 0.2) is 0 Å². The van der Waals surface area contributed by atoms with Gasteiger partial charge in [0.1, 0.15) is 23.0 Å². The Morgan fingerprint density at radius 3 is 1.23 bits per heavy atom. The lowest BCUT2D eigenvalue weighted by Crippen LogP contribution is -2.27. The van der Waals surface area contributed by atoms with E-state index in [-0.39, 0.29) is 47.9 Å². The summed E-state index contributed by atoms with van der Waals surface area (Å²) in [4.78, 5) is 37.7. The van der Waals surface area contributed by atoms with Crippen LogP contribution in [-0.4, -0.2) is 46.7 Å². The van der Waals surface area contributed by atoms with E-state index in [9.17, 15) is 19.8 Å². The molecule has 10 rings (SSSR count). The monoisotopic (exact) mass is 788 g/mol. The molecular weight excluding hydrogens is 749 g/mol. The van der Waals surface area contributed by atoms with E-state index in [0.717, 1.165) is 68.8 Å². The molecule has 0 spiro atoms. The molecule has 4 bridgehead atoms. The molecule has 1 heterocycles. The molecule has 8 aromatic carbocycles. The van der Waals surface area contributed by atoms with E-state index >= 15 is 0 Å². The van der Waals surface area contributed by atoms with E-state index in [1.54, 1.807) is 24.6 Å². The van der Waals surface area contributed by atoms with E-state index in [0.29, 0.717) is 33.4 Å². The van der Waals surface area contributed by atoms with Crippen LogP contribution in [0.4, 0.5) is 0 Å². The highest BCUT2D eigenvalue weighted by Crippen LogP contribution is 2.48. The van der Waals surface area contributed by atoms with Crippen LogP contribution < -0.4 is 9.47 Å². The van der Waals surface area contributed by atoms with Crippen LogP contribution in [0.5, 0.6) is 23.0 Å². The van der Waals surface area contributed by atoms with Gasteiger partial charge in [0.25, 0.3) is 0 Å². The summed E-state index contributed by atoms with van der Waals surface area (Å²) in [6, 6.07) is 41.9. The lowest BCUT2D eigenvalue weighted by molar-refractivity contribution is -0.140. The van der Waals surface area contributed by atoms with Crippen molar-refractivity contribution in [3.8, 4) is 45.3 Å². The third kappa shape index (κ3) is 6.70. The van der Waals surface area contributed by atoms with Crippen molar-refractivity contribution >= 4 is 67.5 Å². The Balaban J connectivity index is 1.18. The Labute approximate surface area is 346 Å². The average Bonchev–Trinajstić information content (AvgIpc) is 3.27. The van der Waals surface area contributed by atoms with Crippen molar-refractivity contribution in [2.75, 3.05) is 0 Å². The summed E-state index contributed by atoms with van der Waals surface area (Å²) in [5.74, 6) is -0.747. The molecule has 0 amide bonds. The quantitative estimate of drug-likeness (QED) is 0.117.